The maximum absolute atomic E-state index is 12.8. The van der Waals surface area contributed by atoms with Gasteiger partial charge in [-0.2, -0.15) is 0 Å². The highest BCUT2D eigenvalue weighted by Crippen LogP contribution is 2.18. The van der Waals surface area contributed by atoms with Gasteiger partial charge < -0.3 is 9.30 Å². The summed E-state index contributed by atoms with van der Waals surface area (Å²) >= 11 is 3.45. The summed E-state index contributed by atoms with van der Waals surface area (Å²) in [6.45, 7) is 1.49. The molecule has 0 N–H and O–H groups in total. The maximum atomic E-state index is 12.8. The second-order valence-electron chi connectivity index (χ2n) is 5.14. The topological polar surface area (TPSA) is 39.9 Å². The van der Waals surface area contributed by atoms with E-state index in [0.29, 0.717) is 12.4 Å². The van der Waals surface area contributed by atoms with Crippen LogP contribution in [0.4, 0.5) is 4.39 Å². The summed E-state index contributed by atoms with van der Waals surface area (Å²) in [6.07, 6.45) is 3.67. The minimum atomic E-state index is -0.250. The minimum Gasteiger partial charge on any atom is -0.494 e. The third-order valence-corrected chi connectivity index (χ3v) is 5.36. The van der Waals surface area contributed by atoms with Gasteiger partial charge in [-0.15, -0.1) is 21.5 Å². The molecule has 4 nitrogen and oxygen atoms in total. The van der Waals surface area contributed by atoms with E-state index in [1.807, 2.05) is 0 Å². The van der Waals surface area contributed by atoms with Gasteiger partial charge in [-0.3, -0.25) is 0 Å². The fraction of sp³-hybridized carbons (Fsp3) is 0.294. The molecule has 0 bridgehead atoms. The zero-order valence-corrected chi connectivity index (χ0v) is 14.7. The Morgan fingerprint density at radius 1 is 1.21 bits per heavy atom. The second kappa shape index (κ2) is 8.84. The molecule has 0 aliphatic heterocycles. The fourth-order valence-corrected chi connectivity index (χ4v) is 3.69. The van der Waals surface area contributed by atoms with Crippen LogP contribution in [0.25, 0.3) is 0 Å². The molecule has 0 fully saturated rings. The molecule has 0 radical (unpaired) electrons. The number of nitrogens with zero attached hydrogens (tertiary/aromatic N) is 3. The van der Waals surface area contributed by atoms with Gasteiger partial charge in [-0.1, -0.05) is 17.8 Å². The number of aryl methyl sites for hydroxylation is 2. The van der Waals surface area contributed by atoms with Crippen LogP contribution in [0.3, 0.4) is 0 Å². The van der Waals surface area contributed by atoms with Crippen LogP contribution in [-0.2, 0) is 13.0 Å². The lowest BCUT2D eigenvalue weighted by atomic mass is 10.3. The van der Waals surface area contributed by atoms with Gasteiger partial charge >= 0.3 is 0 Å². The first kappa shape index (κ1) is 17.0. The smallest absolute Gasteiger partial charge is 0.191 e. The number of thiophene rings is 1. The third-order valence-electron chi connectivity index (χ3n) is 3.36. The zero-order chi connectivity index (χ0) is 16.6. The van der Waals surface area contributed by atoms with Gasteiger partial charge in [0.25, 0.3) is 0 Å². The summed E-state index contributed by atoms with van der Waals surface area (Å²) in [4.78, 5) is 1.37. The van der Waals surface area contributed by atoms with Crippen molar-refractivity contribution in [2.45, 2.75) is 24.5 Å². The van der Waals surface area contributed by atoms with Crippen molar-refractivity contribution in [1.82, 2.24) is 14.8 Å². The number of hydrogen-bond acceptors (Lipinski definition) is 5. The summed E-state index contributed by atoms with van der Waals surface area (Å²) < 4.78 is 20.5. The van der Waals surface area contributed by atoms with Crippen LogP contribution < -0.4 is 4.74 Å². The molecule has 0 atom stereocenters. The Hall–Kier alpha value is -1.86. The summed E-state index contributed by atoms with van der Waals surface area (Å²) in [6, 6.07) is 10.3. The SMILES string of the molecule is Fc1ccc(OCCCSc2nncn2CCc2cccs2)cc1. The fourth-order valence-electron chi connectivity index (χ4n) is 2.14. The quantitative estimate of drug-likeness (QED) is 0.420. The lowest BCUT2D eigenvalue weighted by Gasteiger charge is -2.07. The number of hydrogen-bond donors (Lipinski definition) is 0. The highest BCUT2D eigenvalue weighted by Gasteiger charge is 2.05. The zero-order valence-electron chi connectivity index (χ0n) is 13.1. The molecule has 24 heavy (non-hydrogen) atoms. The average Bonchev–Trinajstić information content (AvgIpc) is 3.26. The normalized spacial score (nSPS) is 10.9. The molecule has 126 valence electrons. The Morgan fingerprint density at radius 2 is 2.08 bits per heavy atom. The van der Waals surface area contributed by atoms with Crippen LogP contribution >= 0.6 is 23.1 Å². The molecule has 0 saturated heterocycles. The highest BCUT2D eigenvalue weighted by atomic mass is 32.2. The molecule has 3 aromatic rings. The Labute approximate surface area is 148 Å². The first-order valence-electron chi connectivity index (χ1n) is 7.72. The first-order chi connectivity index (χ1) is 11.8. The molecule has 0 unspecified atom stereocenters. The van der Waals surface area contributed by atoms with Crippen molar-refractivity contribution < 1.29 is 9.13 Å². The molecule has 2 aromatic heterocycles. The van der Waals surface area contributed by atoms with Gasteiger partial charge in [0.05, 0.1) is 6.61 Å². The van der Waals surface area contributed by atoms with E-state index in [2.05, 4.69) is 32.3 Å². The van der Waals surface area contributed by atoms with Crippen molar-refractivity contribution in [3.05, 3.63) is 58.8 Å². The number of thioether (sulfide) groups is 1. The van der Waals surface area contributed by atoms with E-state index < -0.39 is 0 Å². The predicted octanol–water partition coefficient (Wildman–Crippen LogP) is 4.28. The van der Waals surface area contributed by atoms with E-state index >= 15 is 0 Å². The molecule has 7 heteroatoms. The standard InChI is InChI=1S/C17H18FN3OS2/c18-14-4-6-15(7-5-14)22-10-2-12-24-17-20-19-13-21(17)9-8-16-3-1-11-23-16/h1,3-7,11,13H,2,8-10,12H2. The summed E-state index contributed by atoms with van der Waals surface area (Å²) in [5.74, 6) is 1.35. The number of aromatic nitrogens is 3. The van der Waals surface area contributed by atoms with Crippen molar-refractivity contribution in [2.24, 2.45) is 0 Å². The van der Waals surface area contributed by atoms with Crippen molar-refractivity contribution in [1.29, 1.82) is 0 Å². The van der Waals surface area contributed by atoms with Crippen LogP contribution in [0.5, 0.6) is 5.75 Å². The van der Waals surface area contributed by atoms with Crippen molar-refractivity contribution in [3.63, 3.8) is 0 Å². The van der Waals surface area contributed by atoms with Crippen molar-refractivity contribution in [3.8, 4) is 5.75 Å². The number of halogens is 1. The Morgan fingerprint density at radius 3 is 2.88 bits per heavy atom. The van der Waals surface area contributed by atoms with E-state index in [1.165, 1.54) is 17.0 Å². The molecular formula is C17H18FN3OS2. The Balaban J connectivity index is 1.37. The summed E-state index contributed by atoms with van der Waals surface area (Å²) in [5.41, 5.74) is 0. The van der Waals surface area contributed by atoms with Gasteiger partial charge in [0, 0.05) is 17.2 Å². The third kappa shape index (κ3) is 5.07. The molecule has 0 amide bonds. The van der Waals surface area contributed by atoms with E-state index in [-0.39, 0.29) is 5.82 Å². The second-order valence-corrected chi connectivity index (χ2v) is 7.23. The van der Waals surface area contributed by atoms with Gasteiger partial charge in [0.1, 0.15) is 17.9 Å². The highest BCUT2D eigenvalue weighted by molar-refractivity contribution is 7.99. The van der Waals surface area contributed by atoms with E-state index in [4.69, 9.17) is 4.74 Å². The van der Waals surface area contributed by atoms with E-state index in [9.17, 15) is 4.39 Å². The molecule has 1 aromatic carbocycles. The van der Waals surface area contributed by atoms with E-state index in [0.717, 1.165) is 30.3 Å². The van der Waals surface area contributed by atoms with Gasteiger partial charge in [-0.25, -0.2) is 4.39 Å². The number of rotatable bonds is 9. The molecule has 3 rings (SSSR count). The average molecular weight is 363 g/mol. The molecule has 2 heterocycles. The van der Waals surface area contributed by atoms with Gasteiger partial charge in [0.2, 0.25) is 0 Å². The van der Waals surface area contributed by atoms with Crippen LogP contribution in [0.1, 0.15) is 11.3 Å². The first-order valence-corrected chi connectivity index (χ1v) is 9.59. The number of ether oxygens (including phenoxy) is 1. The summed E-state index contributed by atoms with van der Waals surface area (Å²) in [7, 11) is 0. The van der Waals surface area contributed by atoms with Crippen LogP contribution in [0.2, 0.25) is 0 Å². The van der Waals surface area contributed by atoms with Crippen LogP contribution in [0, 0.1) is 5.82 Å². The Bertz CT molecular complexity index is 729. The van der Waals surface area contributed by atoms with Gasteiger partial charge in [-0.05, 0) is 48.6 Å². The molecular weight excluding hydrogens is 345 g/mol. The summed E-state index contributed by atoms with van der Waals surface area (Å²) in [5, 5.41) is 11.2. The van der Waals surface area contributed by atoms with Crippen molar-refractivity contribution in [2.75, 3.05) is 12.4 Å². The maximum Gasteiger partial charge on any atom is 0.191 e. The van der Waals surface area contributed by atoms with Crippen LogP contribution in [-0.4, -0.2) is 27.1 Å². The number of benzene rings is 1. The molecule has 0 spiro atoms. The predicted molar refractivity (Wildman–Crippen MR) is 95.3 cm³/mol. The Kier molecular flexibility index (Phi) is 6.26. The lowest BCUT2D eigenvalue weighted by molar-refractivity contribution is 0.318. The van der Waals surface area contributed by atoms with Crippen LogP contribution in [0.15, 0.2) is 53.3 Å². The molecule has 0 aliphatic carbocycles. The lowest BCUT2D eigenvalue weighted by Crippen LogP contribution is -2.03. The van der Waals surface area contributed by atoms with Gasteiger partial charge in [0.15, 0.2) is 5.16 Å². The monoisotopic (exact) mass is 363 g/mol. The molecule has 0 aliphatic rings. The van der Waals surface area contributed by atoms with E-state index in [1.54, 1.807) is 41.6 Å². The largest absolute Gasteiger partial charge is 0.494 e. The minimum absolute atomic E-state index is 0.250. The van der Waals surface area contributed by atoms with Crippen molar-refractivity contribution >= 4 is 23.1 Å². The molecule has 0 saturated carbocycles.